The third-order valence-corrected chi connectivity index (χ3v) is 6.42. The van der Waals surface area contributed by atoms with E-state index >= 15 is 0 Å². The SMILES string of the molecule is CC(C)(NC(=O)Cc1cccc(F)c1)C(=O)N1CCC[C@H](c2cccc(Cc3ccccc3)n2)C1. The van der Waals surface area contributed by atoms with Crippen molar-refractivity contribution in [1.82, 2.24) is 15.2 Å². The van der Waals surface area contributed by atoms with Crippen LogP contribution in [0.25, 0.3) is 0 Å². The van der Waals surface area contributed by atoms with Gasteiger partial charge in [0.2, 0.25) is 11.8 Å². The highest BCUT2D eigenvalue weighted by Crippen LogP contribution is 2.27. The van der Waals surface area contributed by atoms with Crippen LogP contribution in [0, 0.1) is 5.82 Å². The van der Waals surface area contributed by atoms with E-state index in [1.807, 2.05) is 41.3 Å². The zero-order chi connectivity index (χ0) is 24.8. The first-order valence-electron chi connectivity index (χ1n) is 12.1. The third kappa shape index (κ3) is 6.53. The summed E-state index contributed by atoms with van der Waals surface area (Å²) >= 11 is 0. The molecule has 0 aliphatic carbocycles. The van der Waals surface area contributed by atoms with Crippen molar-refractivity contribution in [2.24, 2.45) is 0 Å². The number of hydrogen-bond donors (Lipinski definition) is 1. The lowest BCUT2D eigenvalue weighted by atomic mass is 9.92. The number of benzene rings is 2. The summed E-state index contributed by atoms with van der Waals surface area (Å²) in [6.45, 7) is 4.67. The average molecular weight is 474 g/mol. The third-order valence-electron chi connectivity index (χ3n) is 6.42. The van der Waals surface area contributed by atoms with E-state index in [4.69, 9.17) is 4.98 Å². The van der Waals surface area contributed by atoms with Crippen molar-refractivity contribution >= 4 is 11.8 Å². The van der Waals surface area contributed by atoms with E-state index in [-0.39, 0.29) is 30.0 Å². The van der Waals surface area contributed by atoms with Gasteiger partial charge in [0.15, 0.2) is 0 Å². The highest BCUT2D eigenvalue weighted by atomic mass is 19.1. The van der Waals surface area contributed by atoms with E-state index in [2.05, 4.69) is 17.4 Å². The molecular weight excluding hydrogens is 441 g/mol. The fraction of sp³-hybridized carbons (Fsp3) is 0.345. The second kappa shape index (κ2) is 10.8. The van der Waals surface area contributed by atoms with Gasteiger partial charge in [-0.1, -0.05) is 48.5 Å². The molecule has 35 heavy (non-hydrogen) atoms. The van der Waals surface area contributed by atoms with Crippen LogP contribution >= 0.6 is 0 Å². The molecule has 4 rings (SSSR count). The smallest absolute Gasteiger partial charge is 0.247 e. The molecule has 3 aromatic rings. The van der Waals surface area contributed by atoms with Gasteiger partial charge in [0.25, 0.3) is 0 Å². The lowest BCUT2D eigenvalue weighted by Gasteiger charge is -2.38. The fourth-order valence-electron chi connectivity index (χ4n) is 4.71. The van der Waals surface area contributed by atoms with Crippen LogP contribution in [0.15, 0.2) is 72.8 Å². The number of carbonyl (C=O) groups is 2. The minimum atomic E-state index is -1.06. The topological polar surface area (TPSA) is 62.3 Å². The Balaban J connectivity index is 1.39. The molecule has 1 aliphatic rings. The molecule has 1 aliphatic heterocycles. The summed E-state index contributed by atoms with van der Waals surface area (Å²) in [6, 6.07) is 22.3. The van der Waals surface area contributed by atoms with Gasteiger partial charge in [-0.25, -0.2) is 4.39 Å². The molecule has 0 saturated carbocycles. The van der Waals surface area contributed by atoms with Crippen LogP contribution in [0.1, 0.15) is 55.1 Å². The Bertz CT molecular complexity index is 1180. The molecule has 1 aromatic heterocycles. The molecule has 0 bridgehead atoms. The van der Waals surface area contributed by atoms with E-state index in [1.54, 1.807) is 26.0 Å². The molecule has 0 unspecified atom stereocenters. The van der Waals surface area contributed by atoms with Crippen molar-refractivity contribution in [3.63, 3.8) is 0 Å². The van der Waals surface area contributed by atoms with Gasteiger partial charge in [0.05, 0.1) is 6.42 Å². The number of nitrogens with one attached hydrogen (secondary N) is 1. The predicted molar refractivity (Wildman–Crippen MR) is 134 cm³/mol. The second-order valence-corrected chi connectivity index (χ2v) is 9.79. The Morgan fingerprint density at radius 3 is 2.54 bits per heavy atom. The molecule has 2 amide bonds. The molecule has 2 heterocycles. The lowest BCUT2D eigenvalue weighted by Crippen LogP contribution is -2.57. The minimum Gasteiger partial charge on any atom is -0.342 e. The first kappa shape index (κ1) is 24.6. The van der Waals surface area contributed by atoms with Gasteiger partial charge in [0.1, 0.15) is 11.4 Å². The summed E-state index contributed by atoms with van der Waals surface area (Å²) in [7, 11) is 0. The van der Waals surface area contributed by atoms with Gasteiger partial charge in [-0.05, 0) is 62.1 Å². The fourth-order valence-corrected chi connectivity index (χ4v) is 4.71. The highest BCUT2D eigenvalue weighted by molar-refractivity contribution is 5.91. The van der Waals surface area contributed by atoms with Gasteiger partial charge in [-0.3, -0.25) is 14.6 Å². The van der Waals surface area contributed by atoms with Crippen molar-refractivity contribution in [2.45, 2.75) is 51.0 Å². The molecule has 1 fully saturated rings. The van der Waals surface area contributed by atoms with Crippen LogP contribution in [-0.4, -0.2) is 40.3 Å². The van der Waals surface area contributed by atoms with Crippen molar-refractivity contribution in [3.05, 3.63) is 101 Å². The Labute approximate surface area is 206 Å². The number of carbonyl (C=O) groups excluding carboxylic acids is 2. The normalized spacial score (nSPS) is 16.1. The maximum absolute atomic E-state index is 13.4. The van der Waals surface area contributed by atoms with E-state index in [9.17, 15) is 14.0 Å². The molecule has 5 nitrogen and oxygen atoms in total. The van der Waals surface area contributed by atoms with Crippen molar-refractivity contribution < 1.29 is 14.0 Å². The lowest BCUT2D eigenvalue weighted by molar-refractivity contribution is -0.141. The van der Waals surface area contributed by atoms with Crippen molar-refractivity contribution in [3.8, 4) is 0 Å². The van der Waals surface area contributed by atoms with E-state index < -0.39 is 5.54 Å². The molecular formula is C29H32FN3O2. The number of nitrogens with zero attached hydrogens (tertiary/aromatic N) is 2. The van der Waals surface area contributed by atoms with Crippen LogP contribution in [-0.2, 0) is 22.4 Å². The summed E-state index contributed by atoms with van der Waals surface area (Å²) in [5.74, 6) is -0.651. The first-order chi connectivity index (χ1) is 16.8. The van der Waals surface area contributed by atoms with Gasteiger partial charge in [0, 0.05) is 36.8 Å². The van der Waals surface area contributed by atoms with Crippen LogP contribution < -0.4 is 5.32 Å². The Morgan fingerprint density at radius 2 is 1.77 bits per heavy atom. The maximum Gasteiger partial charge on any atom is 0.247 e. The van der Waals surface area contributed by atoms with Crippen molar-refractivity contribution in [2.75, 3.05) is 13.1 Å². The molecule has 1 saturated heterocycles. The predicted octanol–water partition coefficient (Wildman–Crippen LogP) is 4.66. The van der Waals surface area contributed by atoms with Gasteiger partial charge < -0.3 is 10.2 Å². The molecule has 0 radical (unpaired) electrons. The number of rotatable bonds is 7. The molecule has 1 atom stereocenters. The molecule has 1 N–H and O–H groups in total. The number of halogens is 1. The van der Waals surface area contributed by atoms with Gasteiger partial charge in [-0.15, -0.1) is 0 Å². The Hall–Kier alpha value is -3.54. The second-order valence-electron chi connectivity index (χ2n) is 9.79. The van der Waals surface area contributed by atoms with Crippen molar-refractivity contribution in [1.29, 1.82) is 0 Å². The monoisotopic (exact) mass is 473 g/mol. The number of pyridine rings is 1. The number of amides is 2. The number of hydrogen-bond acceptors (Lipinski definition) is 3. The summed E-state index contributed by atoms with van der Waals surface area (Å²) in [4.78, 5) is 32.7. The van der Waals surface area contributed by atoms with Crippen LogP contribution in [0.2, 0.25) is 0 Å². The molecule has 2 aromatic carbocycles. The summed E-state index contributed by atoms with van der Waals surface area (Å²) in [6.07, 6.45) is 2.65. The summed E-state index contributed by atoms with van der Waals surface area (Å²) < 4.78 is 13.4. The van der Waals surface area contributed by atoms with E-state index in [0.29, 0.717) is 18.7 Å². The zero-order valence-electron chi connectivity index (χ0n) is 20.3. The average Bonchev–Trinajstić information content (AvgIpc) is 2.84. The summed E-state index contributed by atoms with van der Waals surface area (Å²) in [5.41, 5.74) is 2.75. The van der Waals surface area contributed by atoms with Crippen LogP contribution in [0.3, 0.4) is 0 Å². The van der Waals surface area contributed by atoms with E-state index in [1.165, 1.54) is 17.7 Å². The minimum absolute atomic E-state index is 0.0230. The quantitative estimate of drug-likeness (QED) is 0.543. The standard InChI is InChI=1S/C29H32FN3O2/c1-29(2,32-27(34)19-22-11-6-13-24(30)17-22)28(35)33-16-8-12-23(20-33)26-15-7-14-25(31-26)18-21-9-4-3-5-10-21/h3-7,9-11,13-15,17,23H,8,12,16,18-20H2,1-2H3,(H,32,34)/t23-/m0/s1. The van der Waals surface area contributed by atoms with Crippen LogP contribution in [0.5, 0.6) is 0 Å². The largest absolute Gasteiger partial charge is 0.342 e. The highest BCUT2D eigenvalue weighted by Gasteiger charge is 2.36. The first-order valence-corrected chi connectivity index (χ1v) is 12.1. The number of aromatic nitrogens is 1. The Kier molecular flexibility index (Phi) is 7.59. The maximum atomic E-state index is 13.4. The van der Waals surface area contributed by atoms with Crippen LogP contribution in [0.4, 0.5) is 4.39 Å². The van der Waals surface area contributed by atoms with Gasteiger partial charge >= 0.3 is 0 Å². The molecule has 182 valence electrons. The summed E-state index contributed by atoms with van der Waals surface area (Å²) in [5, 5.41) is 2.84. The zero-order valence-corrected chi connectivity index (χ0v) is 20.3. The number of likely N-dealkylation sites (tertiary alicyclic amines) is 1. The molecule has 0 spiro atoms. The Morgan fingerprint density at radius 1 is 1.03 bits per heavy atom. The number of piperidine rings is 1. The van der Waals surface area contributed by atoms with E-state index in [0.717, 1.165) is 30.7 Å². The molecule has 6 heteroatoms. The van der Waals surface area contributed by atoms with Gasteiger partial charge in [-0.2, -0.15) is 0 Å².